The molecule has 0 N–H and O–H groups in total. The molecular formula is C55H64BN3Si3. The first-order chi connectivity index (χ1) is 29.2. The van der Waals surface area contributed by atoms with Gasteiger partial charge in [-0.1, -0.05) is 155 Å². The molecule has 0 bridgehead atoms. The second kappa shape index (κ2) is 13.0. The molecule has 4 aliphatic rings. The Hall–Kier alpha value is -4.56. The van der Waals surface area contributed by atoms with Crippen molar-refractivity contribution in [2.24, 2.45) is 0 Å². The molecule has 0 amide bonds. The van der Waals surface area contributed by atoms with Crippen LogP contribution in [0.1, 0.15) is 56.2 Å². The maximum Gasteiger partial charge on any atom is 0.252 e. The molecule has 3 nitrogen and oxygen atoms in total. The van der Waals surface area contributed by atoms with E-state index in [0.717, 1.165) is 0 Å². The van der Waals surface area contributed by atoms with Gasteiger partial charge in [-0.3, -0.25) is 0 Å². The maximum atomic E-state index is 2.94. The van der Waals surface area contributed by atoms with Crippen molar-refractivity contribution in [3.8, 4) is 5.69 Å². The Labute approximate surface area is 374 Å². The van der Waals surface area contributed by atoms with Gasteiger partial charge in [-0.15, -0.1) is 0 Å². The van der Waals surface area contributed by atoms with Crippen molar-refractivity contribution in [3.05, 3.63) is 120 Å². The Morgan fingerprint density at radius 3 is 1.77 bits per heavy atom. The SMILES string of the molecule is Cc1cccc(N(c2cccc(C)c2)c2cc3c4c(c2)-n2c5ccc([Si](C)(C)C)cc5c5cc([Si](C)(C)C)cc(c52)B4c2cc([Si](C)(C)C)cc4c2N3C2(C)CCCCC42C)c1. The van der Waals surface area contributed by atoms with Gasteiger partial charge in [0.2, 0.25) is 0 Å². The molecule has 0 radical (unpaired) electrons. The minimum atomic E-state index is -1.74. The average Bonchev–Trinajstić information content (AvgIpc) is 3.64. The monoisotopic (exact) mass is 861 g/mol. The van der Waals surface area contributed by atoms with Crippen molar-refractivity contribution in [1.82, 2.24) is 4.57 Å². The van der Waals surface area contributed by atoms with E-state index in [1.54, 1.807) is 21.4 Å². The third-order valence-corrected chi connectivity index (χ3v) is 22.1. The van der Waals surface area contributed by atoms with Crippen LogP contribution in [0.25, 0.3) is 27.5 Å². The number of fused-ring (bicyclic) bond motifs is 10. The quantitative estimate of drug-likeness (QED) is 0.154. The summed E-state index contributed by atoms with van der Waals surface area (Å²) >= 11 is 0. The summed E-state index contributed by atoms with van der Waals surface area (Å²) in [5.41, 5.74) is 19.4. The molecule has 7 aromatic rings. The summed E-state index contributed by atoms with van der Waals surface area (Å²) in [7, 11) is -5.07. The molecule has 11 rings (SSSR count). The van der Waals surface area contributed by atoms with Crippen molar-refractivity contribution in [2.75, 3.05) is 9.80 Å². The Morgan fingerprint density at radius 1 is 0.565 bits per heavy atom. The number of anilines is 5. The second-order valence-electron chi connectivity index (χ2n) is 23.2. The number of hydrogen-bond donors (Lipinski definition) is 0. The molecular weight excluding hydrogens is 798 g/mol. The third-order valence-electron chi connectivity index (χ3n) is 16.0. The number of aromatic nitrogens is 1. The highest BCUT2D eigenvalue weighted by molar-refractivity contribution is 7.01. The summed E-state index contributed by atoms with van der Waals surface area (Å²) in [6.45, 7) is 32.7. The molecule has 1 aromatic heterocycles. The van der Waals surface area contributed by atoms with Crippen LogP contribution in [0.15, 0.2) is 103 Å². The number of benzene rings is 6. The van der Waals surface area contributed by atoms with E-state index in [2.05, 4.69) is 204 Å². The van der Waals surface area contributed by atoms with Crippen LogP contribution in [0.4, 0.5) is 28.4 Å². The molecule has 314 valence electrons. The lowest BCUT2D eigenvalue weighted by atomic mass is 9.33. The van der Waals surface area contributed by atoms with E-state index in [4.69, 9.17) is 0 Å². The van der Waals surface area contributed by atoms with E-state index in [9.17, 15) is 0 Å². The van der Waals surface area contributed by atoms with Crippen molar-refractivity contribution in [1.29, 1.82) is 0 Å². The van der Waals surface area contributed by atoms with Gasteiger partial charge in [0.05, 0.1) is 41.0 Å². The molecule has 6 aromatic carbocycles. The standard InChI is InChI=1S/C55H64BN3Si3/c1-35-18-16-20-37(26-35)57(38-21-17-19-36(2)27-38)39-28-49-51-50(29-39)59-53-45(54(3)24-14-15-25-55(54,59)4)32-42(62(11,12)13)34-47(53)56(51)46-33-41(61(8,9)10)31-44-43-30-40(60(5,6)7)22-23-48(43)58(49)52(44)46/h16-23,26-34H,14-15,24-25H2,1-13H3. The minimum absolute atomic E-state index is 0.0406. The molecule has 1 fully saturated rings. The Bertz CT molecular complexity index is 3020. The molecule has 62 heavy (non-hydrogen) atoms. The van der Waals surface area contributed by atoms with Crippen molar-refractivity contribution < 1.29 is 0 Å². The zero-order valence-electron chi connectivity index (χ0n) is 39.6. The lowest BCUT2D eigenvalue weighted by Gasteiger charge is -2.52. The lowest BCUT2D eigenvalue weighted by molar-refractivity contribution is 0.195. The second-order valence-corrected chi connectivity index (χ2v) is 38.5. The lowest BCUT2D eigenvalue weighted by Crippen LogP contribution is -2.65. The fraction of sp³-hybridized carbons (Fsp3) is 0.345. The van der Waals surface area contributed by atoms with Crippen LogP contribution < -0.4 is 41.7 Å². The number of hydrogen-bond acceptors (Lipinski definition) is 2. The van der Waals surface area contributed by atoms with Crippen LogP contribution in [-0.4, -0.2) is 41.0 Å². The van der Waals surface area contributed by atoms with E-state index in [1.807, 2.05) is 0 Å². The topological polar surface area (TPSA) is 11.4 Å². The highest BCUT2D eigenvalue weighted by atomic mass is 28.3. The van der Waals surface area contributed by atoms with Gasteiger partial charge in [0.15, 0.2) is 0 Å². The number of aryl methyl sites for hydroxylation is 2. The number of rotatable bonds is 6. The van der Waals surface area contributed by atoms with Gasteiger partial charge < -0.3 is 14.4 Å². The van der Waals surface area contributed by atoms with Crippen LogP contribution in [0.3, 0.4) is 0 Å². The maximum absolute atomic E-state index is 2.94. The molecule has 4 heterocycles. The van der Waals surface area contributed by atoms with E-state index >= 15 is 0 Å². The predicted molar refractivity (Wildman–Crippen MR) is 281 cm³/mol. The van der Waals surface area contributed by atoms with Crippen LogP contribution in [0.5, 0.6) is 0 Å². The van der Waals surface area contributed by atoms with Crippen LogP contribution in [0, 0.1) is 13.8 Å². The molecule has 7 heteroatoms. The fourth-order valence-electron chi connectivity index (χ4n) is 12.3. The van der Waals surface area contributed by atoms with Gasteiger partial charge in [0.25, 0.3) is 6.71 Å². The van der Waals surface area contributed by atoms with Gasteiger partial charge in [-0.25, -0.2) is 0 Å². The first-order valence-electron chi connectivity index (χ1n) is 23.4. The molecule has 1 saturated carbocycles. The van der Waals surface area contributed by atoms with E-state index < -0.39 is 24.2 Å². The van der Waals surface area contributed by atoms with E-state index in [-0.39, 0.29) is 17.7 Å². The first kappa shape index (κ1) is 40.2. The van der Waals surface area contributed by atoms with Gasteiger partial charge in [-0.2, -0.15) is 0 Å². The largest absolute Gasteiger partial charge is 0.335 e. The van der Waals surface area contributed by atoms with Crippen LogP contribution >= 0.6 is 0 Å². The minimum Gasteiger partial charge on any atom is -0.335 e. The van der Waals surface area contributed by atoms with Crippen molar-refractivity contribution >= 4 is 113 Å². The van der Waals surface area contributed by atoms with Crippen molar-refractivity contribution in [3.63, 3.8) is 0 Å². The Morgan fingerprint density at radius 2 is 1.15 bits per heavy atom. The highest BCUT2D eigenvalue weighted by Crippen LogP contribution is 2.61. The summed E-state index contributed by atoms with van der Waals surface area (Å²) in [5, 5.41) is 7.56. The zero-order chi connectivity index (χ0) is 43.6. The van der Waals surface area contributed by atoms with Gasteiger partial charge >= 0.3 is 0 Å². The summed E-state index contributed by atoms with van der Waals surface area (Å²) in [5.74, 6) is 0. The molecule has 0 saturated heterocycles. The average molecular weight is 862 g/mol. The molecule has 0 spiro atoms. The summed E-state index contributed by atoms with van der Waals surface area (Å²) in [4.78, 5) is 5.48. The van der Waals surface area contributed by atoms with E-state index in [1.165, 1.54) is 109 Å². The normalized spacial score (nSPS) is 20.1. The Kier molecular flexibility index (Phi) is 8.44. The fourth-order valence-corrected chi connectivity index (χ4v) is 15.8. The molecule has 3 aliphatic heterocycles. The predicted octanol–water partition coefficient (Wildman–Crippen LogP) is 11.4. The summed E-state index contributed by atoms with van der Waals surface area (Å²) in [6.07, 6.45) is 4.97. The van der Waals surface area contributed by atoms with Gasteiger partial charge in [0.1, 0.15) is 0 Å². The summed E-state index contributed by atoms with van der Waals surface area (Å²) in [6, 6.07) is 41.8. The highest BCUT2D eigenvalue weighted by Gasteiger charge is 2.61. The van der Waals surface area contributed by atoms with Crippen LogP contribution in [-0.2, 0) is 5.41 Å². The summed E-state index contributed by atoms with van der Waals surface area (Å²) < 4.78 is 2.73. The smallest absolute Gasteiger partial charge is 0.252 e. The molecule has 2 unspecified atom stereocenters. The zero-order valence-corrected chi connectivity index (χ0v) is 42.6. The van der Waals surface area contributed by atoms with Gasteiger partial charge in [-0.05, 0) is 109 Å². The van der Waals surface area contributed by atoms with Crippen molar-refractivity contribution in [2.45, 2.75) is 123 Å². The number of nitrogens with zero attached hydrogens (tertiary/aromatic N) is 3. The van der Waals surface area contributed by atoms with Crippen LogP contribution in [0.2, 0.25) is 58.9 Å². The Balaban J connectivity index is 1.35. The van der Waals surface area contributed by atoms with Gasteiger partial charge in [0, 0.05) is 50.1 Å². The van der Waals surface area contributed by atoms with E-state index in [0.29, 0.717) is 0 Å². The first-order valence-corrected chi connectivity index (χ1v) is 33.9. The molecule has 2 atom stereocenters. The third kappa shape index (κ3) is 5.52. The molecule has 1 aliphatic carbocycles.